The number of sulfonamides is 1. The lowest BCUT2D eigenvalue weighted by molar-refractivity contribution is 0.317. The van der Waals surface area contributed by atoms with E-state index in [4.69, 9.17) is 29.6 Å². The van der Waals surface area contributed by atoms with Crippen LogP contribution >= 0.6 is 35.2 Å². The summed E-state index contributed by atoms with van der Waals surface area (Å²) in [6.07, 6.45) is 1.37. The highest BCUT2D eigenvalue weighted by atomic mass is 35.5. The van der Waals surface area contributed by atoms with Gasteiger partial charge >= 0.3 is 0 Å². The molecule has 1 aromatic heterocycles. The van der Waals surface area contributed by atoms with E-state index in [-0.39, 0.29) is 5.92 Å². The van der Waals surface area contributed by atoms with E-state index >= 15 is 0 Å². The van der Waals surface area contributed by atoms with Gasteiger partial charge in [-0.2, -0.15) is 4.31 Å². The molecule has 2 heterocycles. The molecule has 2 rings (SSSR count). The summed E-state index contributed by atoms with van der Waals surface area (Å²) in [4.78, 5) is 0.479. The van der Waals surface area contributed by atoms with E-state index < -0.39 is 10.0 Å². The van der Waals surface area contributed by atoms with Gasteiger partial charge in [0.15, 0.2) is 0 Å². The quantitative estimate of drug-likeness (QED) is 0.859. The van der Waals surface area contributed by atoms with Crippen LogP contribution in [0.25, 0.3) is 0 Å². The number of aryl methyl sites for hydroxylation is 1. The van der Waals surface area contributed by atoms with Crippen LogP contribution in [0.4, 0.5) is 0 Å². The van der Waals surface area contributed by atoms with E-state index in [0.717, 1.165) is 16.9 Å². The lowest BCUT2D eigenvalue weighted by Crippen LogP contribution is -2.41. The van der Waals surface area contributed by atoms with Crippen molar-refractivity contribution in [3.63, 3.8) is 0 Å². The van der Waals surface area contributed by atoms with Gasteiger partial charge < -0.3 is 5.73 Å². The molecule has 0 atom stereocenters. The number of nitrogens with zero attached hydrogens (tertiary/aromatic N) is 1. The first-order valence-corrected chi connectivity index (χ1v) is 8.92. The zero-order valence-corrected chi connectivity index (χ0v) is 13.6. The van der Waals surface area contributed by atoms with Gasteiger partial charge in [0.05, 0.1) is 9.32 Å². The van der Waals surface area contributed by atoms with Crippen molar-refractivity contribution in [1.82, 2.24) is 4.31 Å². The van der Waals surface area contributed by atoms with Crippen LogP contribution in [0.2, 0.25) is 4.34 Å². The van der Waals surface area contributed by atoms with Crippen LogP contribution in [0, 0.1) is 12.8 Å². The molecular weight excluding hydrogens is 324 g/mol. The molecule has 1 aromatic rings. The number of rotatable bonds is 3. The normalized spacial score (nSPS) is 18.6. The number of thiocarbonyl (C=S) groups is 1. The van der Waals surface area contributed by atoms with Gasteiger partial charge in [0.25, 0.3) is 10.0 Å². The molecule has 1 saturated heterocycles. The van der Waals surface area contributed by atoms with Gasteiger partial charge in [-0.15, -0.1) is 11.3 Å². The Morgan fingerprint density at radius 1 is 1.53 bits per heavy atom. The van der Waals surface area contributed by atoms with Crippen molar-refractivity contribution in [1.29, 1.82) is 0 Å². The van der Waals surface area contributed by atoms with E-state index in [2.05, 4.69) is 0 Å². The minimum atomic E-state index is -3.43. The maximum absolute atomic E-state index is 12.4. The Kier molecular flexibility index (Phi) is 4.52. The first kappa shape index (κ1) is 15.2. The highest BCUT2D eigenvalue weighted by Crippen LogP contribution is 2.33. The molecule has 2 N–H and O–H groups in total. The van der Waals surface area contributed by atoms with Crippen LogP contribution in [-0.4, -0.2) is 30.8 Å². The lowest BCUT2D eigenvalue weighted by atomic mass is 9.98. The predicted octanol–water partition coefficient (Wildman–Crippen LogP) is 2.40. The summed E-state index contributed by atoms with van der Waals surface area (Å²) < 4.78 is 27.2. The van der Waals surface area contributed by atoms with E-state index in [1.165, 1.54) is 4.31 Å². The van der Waals surface area contributed by atoms with Crippen LogP contribution in [0.3, 0.4) is 0 Å². The fourth-order valence-electron chi connectivity index (χ4n) is 2.07. The minimum Gasteiger partial charge on any atom is -0.393 e. The Balaban J connectivity index is 2.16. The number of thiophene rings is 1. The maximum atomic E-state index is 12.4. The lowest BCUT2D eigenvalue weighted by Gasteiger charge is -2.30. The molecule has 0 unspecified atom stereocenters. The van der Waals surface area contributed by atoms with Crippen molar-refractivity contribution < 1.29 is 8.42 Å². The van der Waals surface area contributed by atoms with Crippen molar-refractivity contribution >= 4 is 50.2 Å². The number of hydrogen-bond acceptors (Lipinski definition) is 4. The van der Waals surface area contributed by atoms with Gasteiger partial charge in [-0.05, 0) is 31.4 Å². The average Bonchev–Trinajstić information content (AvgIpc) is 2.70. The SMILES string of the molecule is Cc1cc(S(=O)(=O)N2CCC(C(N)=S)CC2)sc1Cl. The molecule has 0 aliphatic carbocycles. The summed E-state index contributed by atoms with van der Waals surface area (Å²) in [6, 6.07) is 1.63. The molecule has 0 spiro atoms. The highest BCUT2D eigenvalue weighted by molar-refractivity contribution is 7.91. The van der Waals surface area contributed by atoms with Gasteiger partial charge in [-0.25, -0.2) is 8.42 Å². The number of nitrogens with two attached hydrogens (primary N) is 1. The first-order valence-electron chi connectivity index (χ1n) is 5.88. The summed E-state index contributed by atoms with van der Waals surface area (Å²) in [7, 11) is -3.43. The number of piperidine rings is 1. The van der Waals surface area contributed by atoms with Crippen LogP contribution in [0.15, 0.2) is 10.3 Å². The number of hydrogen-bond donors (Lipinski definition) is 1. The van der Waals surface area contributed by atoms with E-state index in [1.807, 2.05) is 0 Å². The Hall–Kier alpha value is -0.210. The van der Waals surface area contributed by atoms with E-state index in [1.54, 1.807) is 13.0 Å². The Morgan fingerprint density at radius 2 is 2.11 bits per heavy atom. The molecule has 1 aliphatic rings. The molecule has 0 amide bonds. The van der Waals surface area contributed by atoms with Crippen molar-refractivity contribution in [2.24, 2.45) is 11.7 Å². The molecule has 19 heavy (non-hydrogen) atoms. The van der Waals surface area contributed by atoms with Crippen LogP contribution in [0.5, 0.6) is 0 Å². The molecule has 0 saturated carbocycles. The first-order chi connectivity index (χ1) is 8.82. The second-order valence-electron chi connectivity index (χ2n) is 4.60. The van der Waals surface area contributed by atoms with Crippen molar-refractivity contribution in [3.05, 3.63) is 16.0 Å². The van der Waals surface area contributed by atoms with Gasteiger partial charge in [-0.3, -0.25) is 0 Å². The van der Waals surface area contributed by atoms with Crippen LogP contribution in [0.1, 0.15) is 18.4 Å². The zero-order chi connectivity index (χ0) is 14.2. The minimum absolute atomic E-state index is 0.148. The van der Waals surface area contributed by atoms with Crippen molar-refractivity contribution in [2.45, 2.75) is 24.0 Å². The van der Waals surface area contributed by atoms with Crippen molar-refractivity contribution in [3.8, 4) is 0 Å². The second-order valence-corrected chi connectivity index (χ2v) is 8.89. The fraction of sp³-hybridized carbons (Fsp3) is 0.545. The summed E-state index contributed by atoms with van der Waals surface area (Å²) >= 11 is 12.0. The second kappa shape index (κ2) is 5.65. The van der Waals surface area contributed by atoms with Gasteiger partial charge in [0.1, 0.15) is 4.21 Å². The van der Waals surface area contributed by atoms with Crippen LogP contribution in [-0.2, 0) is 10.0 Å². The summed E-state index contributed by atoms with van der Waals surface area (Å²) in [5, 5.41) is 0. The topological polar surface area (TPSA) is 63.4 Å². The highest BCUT2D eigenvalue weighted by Gasteiger charge is 2.31. The summed E-state index contributed by atoms with van der Waals surface area (Å²) in [5.41, 5.74) is 6.40. The molecule has 0 bridgehead atoms. The maximum Gasteiger partial charge on any atom is 0.252 e. The molecule has 1 aliphatic heterocycles. The van der Waals surface area contributed by atoms with E-state index in [0.29, 0.717) is 39.5 Å². The van der Waals surface area contributed by atoms with Crippen molar-refractivity contribution in [2.75, 3.05) is 13.1 Å². The molecule has 8 heteroatoms. The standard InChI is InChI=1S/C11H15ClN2O2S3/c1-7-6-9(18-10(7)12)19(15,16)14-4-2-8(3-5-14)11(13)17/h6,8H,2-5H2,1H3,(H2,13,17). The molecule has 106 valence electrons. The van der Waals surface area contributed by atoms with E-state index in [9.17, 15) is 8.42 Å². The Labute approximate surface area is 127 Å². The monoisotopic (exact) mass is 338 g/mol. The predicted molar refractivity (Wildman–Crippen MR) is 82.3 cm³/mol. The molecule has 1 fully saturated rings. The molecule has 0 aromatic carbocycles. The van der Waals surface area contributed by atoms with Gasteiger partial charge in [0, 0.05) is 19.0 Å². The molecule has 4 nitrogen and oxygen atoms in total. The van der Waals surface area contributed by atoms with Gasteiger partial charge in [0.2, 0.25) is 0 Å². The van der Waals surface area contributed by atoms with Gasteiger partial charge in [-0.1, -0.05) is 23.8 Å². The Bertz CT molecular complexity index is 570. The largest absolute Gasteiger partial charge is 0.393 e. The average molecular weight is 339 g/mol. The number of halogens is 1. The fourth-order valence-corrected chi connectivity index (χ4v) is 5.64. The smallest absolute Gasteiger partial charge is 0.252 e. The summed E-state index contributed by atoms with van der Waals surface area (Å²) in [6.45, 7) is 2.72. The third-order valence-corrected chi connectivity index (χ3v) is 7.52. The third kappa shape index (κ3) is 3.11. The third-order valence-electron chi connectivity index (χ3n) is 3.29. The molecular formula is C11H15ClN2O2S3. The summed E-state index contributed by atoms with van der Waals surface area (Å²) in [5.74, 6) is 0.148. The molecule has 0 radical (unpaired) electrons. The van der Waals surface area contributed by atoms with Crippen LogP contribution < -0.4 is 5.73 Å². The zero-order valence-electron chi connectivity index (χ0n) is 10.4. The Morgan fingerprint density at radius 3 is 2.53 bits per heavy atom.